The van der Waals surface area contributed by atoms with Crippen molar-refractivity contribution in [3.05, 3.63) is 106 Å². The van der Waals surface area contributed by atoms with Gasteiger partial charge in [0.2, 0.25) is 5.91 Å². The number of amides is 1. The third-order valence-corrected chi connectivity index (χ3v) is 8.37. The molecule has 2 fully saturated rings. The topological polar surface area (TPSA) is 92.5 Å². The number of Topliss-reactive ketones (excluding diaryl/α,β-unsaturated/α-hetero) is 1. The zero-order chi connectivity index (χ0) is 23.4. The van der Waals surface area contributed by atoms with Crippen molar-refractivity contribution >= 4 is 34.8 Å². The number of hydrogen-bond acceptors (Lipinski definition) is 6. The summed E-state index contributed by atoms with van der Waals surface area (Å²) in [5.41, 5.74) is 1.46. The number of nitro benzene ring substituents is 1. The van der Waals surface area contributed by atoms with Gasteiger partial charge in [-0.25, -0.2) is 0 Å². The fraction of sp³-hybridized carbons (Fsp3) is 0.231. The molecule has 170 valence electrons. The first-order valence-electron chi connectivity index (χ1n) is 11.1. The van der Waals surface area contributed by atoms with E-state index in [4.69, 9.17) is 0 Å². The van der Waals surface area contributed by atoms with Crippen LogP contribution in [0.3, 0.4) is 0 Å². The van der Waals surface area contributed by atoms with Crippen molar-refractivity contribution in [1.82, 2.24) is 4.90 Å². The number of nitro groups is 1. The van der Waals surface area contributed by atoms with E-state index in [1.807, 2.05) is 54.6 Å². The number of thioether (sulfide) groups is 1. The van der Waals surface area contributed by atoms with Crippen LogP contribution in [0, 0.1) is 16.0 Å². The highest BCUT2D eigenvalue weighted by molar-refractivity contribution is 7.99. The Hall–Kier alpha value is -3.49. The molecule has 0 aromatic heterocycles. The molecule has 3 heterocycles. The number of fused-ring (bicyclic) bond motifs is 4. The zero-order valence-electron chi connectivity index (χ0n) is 18.1. The van der Waals surface area contributed by atoms with Crippen LogP contribution >= 0.6 is 11.8 Å². The summed E-state index contributed by atoms with van der Waals surface area (Å²) in [6.07, 6.45) is 0. The van der Waals surface area contributed by atoms with Gasteiger partial charge in [0.1, 0.15) is 5.54 Å². The number of para-hydroxylation sites is 1. The minimum Gasteiger partial charge on any atom is -0.324 e. The Balaban J connectivity index is 1.60. The molecule has 1 amide bonds. The van der Waals surface area contributed by atoms with Gasteiger partial charge in [-0.15, -0.1) is 11.8 Å². The van der Waals surface area contributed by atoms with Crippen LogP contribution in [0.15, 0.2) is 78.9 Å². The summed E-state index contributed by atoms with van der Waals surface area (Å²) in [5, 5.41) is 14.5. The number of benzene rings is 3. The average Bonchev–Trinajstić information content (AvgIpc) is 3.52. The number of carbonyl (C=O) groups excluding carboxylic acids is 2. The van der Waals surface area contributed by atoms with E-state index in [0.29, 0.717) is 11.6 Å². The number of carbonyl (C=O) groups is 2. The Morgan fingerprint density at radius 3 is 2.62 bits per heavy atom. The van der Waals surface area contributed by atoms with E-state index in [0.717, 1.165) is 16.9 Å². The van der Waals surface area contributed by atoms with Crippen LogP contribution in [0.25, 0.3) is 0 Å². The SMILES string of the molecule is O=C(c1cccc([N+](=O)[O-])c1)C1C(c2ccccc2)C2CSCN2C12C(=O)Nc1ccccc12. The number of anilines is 1. The van der Waals surface area contributed by atoms with Gasteiger partial charge in [0.25, 0.3) is 5.69 Å². The van der Waals surface area contributed by atoms with Crippen molar-refractivity contribution < 1.29 is 14.5 Å². The summed E-state index contributed by atoms with van der Waals surface area (Å²) in [5.74, 6) is 0.0165. The molecule has 0 radical (unpaired) electrons. The fourth-order valence-electron chi connectivity index (χ4n) is 6.03. The summed E-state index contributed by atoms with van der Waals surface area (Å²) in [6.45, 7) is 0. The monoisotopic (exact) mass is 471 g/mol. The van der Waals surface area contributed by atoms with Gasteiger partial charge in [-0.3, -0.25) is 24.6 Å². The van der Waals surface area contributed by atoms with Crippen molar-refractivity contribution in [3.63, 3.8) is 0 Å². The van der Waals surface area contributed by atoms with Crippen LogP contribution in [0.4, 0.5) is 11.4 Å². The molecule has 0 aliphatic carbocycles. The molecule has 3 aromatic carbocycles. The smallest absolute Gasteiger partial charge is 0.270 e. The Morgan fingerprint density at radius 2 is 1.82 bits per heavy atom. The lowest BCUT2D eigenvalue weighted by Crippen LogP contribution is -2.52. The van der Waals surface area contributed by atoms with Crippen LogP contribution in [0.5, 0.6) is 0 Å². The summed E-state index contributed by atoms with van der Waals surface area (Å²) >= 11 is 1.76. The van der Waals surface area contributed by atoms with Gasteiger partial charge in [-0.2, -0.15) is 0 Å². The van der Waals surface area contributed by atoms with Crippen LogP contribution in [-0.2, 0) is 10.3 Å². The third kappa shape index (κ3) is 2.82. The quantitative estimate of drug-likeness (QED) is 0.344. The van der Waals surface area contributed by atoms with Crippen molar-refractivity contribution in [2.75, 3.05) is 16.9 Å². The van der Waals surface area contributed by atoms with Gasteiger partial charge in [-0.1, -0.05) is 60.7 Å². The Morgan fingerprint density at radius 1 is 1.06 bits per heavy atom. The second-order valence-corrected chi connectivity index (χ2v) is 9.89. The van der Waals surface area contributed by atoms with Gasteiger partial charge in [0.05, 0.1) is 10.8 Å². The lowest BCUT2D eigenvalue weighted by atomic mass is 9.69. The van der Waals surface area contributed by atoms with E-state index in [9.17, 15) is 19.7 Å². The summed E-state index contributed by atoms with van der Waals surface area (Å²) < 4.78 is 0. The second kappa shape index (κ2) is 7.78. The molecule has 3 aliphatic heterocycles. The molecule has 1 spiro atoms. The Labute approximate surface area is 200 Å². The van der Waals surface area contributed by atoms with Crippen LogP contribution in [0.1, 0.15) is 27.4 Å². The molecule has 0 saturated carbocycles. The predicted octanol–water partition coefficient (Wildman–Crippen LogP) is 4.41. The molecule has 3 aliphatic rings. The maximum absolute atomic E-state index is 14.3. The molecule has 2 saturated heterocycles. The Bertz CT molecular complexity index is 1330. The van der Waals surface area contributed by atoms with Gasteiger partial charge in [0.15, 0.2) is 5.78 Å². The maximum atomic E-state index is 14.3. The van der Waals surface area contributed by atoms with E-state index in [1.165, 1.54) is 18.2 Å². The van der Waals surface area contributed by atoms with Crippen LogP contribution in [0.2, 0.25) is 0 Å². The maximum Gasteiger partial charge on any atom is 0.270 e. The summed E-state index contributed by atoms with van der Waals surface area (Å²) in [4.78, 5) is 41.3. The van der Waals surface area contributed by atoms with Gasteiger partial charge in [-0.05, 0) is 11.6 Å². The number of rotatable bonds is 4. The number of non-ortho nitro benzene ring substituents is 1. The largest absolute Gasteiger partial charge is 0.324 e. The van der Waals surface area contributed by atoms with E-state index in [1.54, 1.807) is 17.8 Å². The van der Waals surface area contributed by atoms with Crippen LogP contribution < -0.4 is 5.32 Å². The van der Waals surface area contributed by atoms with Crippen LogP contribution in [-0.4, -0.2) is 39.2 Å². The highest BCUT2D eigenvalue weighted by Gasteiger charge is 2.69. The lowest BCUT2D eigenvalue weighted by Gasteiger charge is -2.36. The number of nitrogens with one attached hydrogen (secondary N) is 1. The summed E-state index contributed by atoms with van der Waals surface area (Å²) in [7, 11) is 0. The molecule has 0 bridgehead atoms. The number of ketones is 1. The molecule has 4 unspecified atom stereocenters. The van der Waals surface area contributed by atoms with Crippen molar-refractivity contribution in [2.24, 2.45) is 5.92 Å². The Kier molecular flexibility index (Phi) is 4.82. The molecule has 3 aromatic rings. The molecule has 34 heavy (non-hydrogen) atoms. The average molecular weight is 472 g/mol. The fourth-order valence-corrected chi connectivity index (χ4v) is 7.36. The molecule has 7 nitrogen and oxygen atoms in total. The van der Waals surface area contributed by atoms with E-state index >= 15 is 0 Å². The van der Waals surface area contributed by atoms with Gasteiger partial charge in [0, 0.05) is 52.5 Å². The van der Waals surface area contributed by atoms with E-state index in [-0.39, 0.29) is 34.9 Å². The van der Waals surface area contributed by atoms with Gasteiger partial charge >= 0.3 is 0 Å². The molecule has 1 N–H and O–H groups in total. The standard InChI is InChI=1S/C26H21N3O4S/c30-24(17-9-6-10-18(13-17)29(32)33)23-22(16-7-2-1-3-8-16)21-14-34-15-28(21)26(23)19-11-4-5-12-20(19)27-25(26)31/h1-13,21-23H,14-15H2,(H,27,31). The minimum absolute atomic E-state index is 0.0167. The third-order valence-electron chi connectivity index (χ3n) is 7.34. The first-order chi connectivity index (χ1) is 16.5. The van der Waals surface area contributed by atoms with E-state index < -0.39 is 16.4 Å². The molecule has 6 rings (SSSR count). The number of hydrogen-bond donors (Lipinski definition) is 1. The molecule has 4 atom stereocenters. The lowest BCUT2D eigenvalue weighted by molar-refractivity contribution is -0.384. The first kappa shape index (κ1) is 21.1. The molecular weight excluding hydrogens is 450 g/mol. The molecular formula is C26H21N3O4S. The highest BCUT2D eigenvalue weighted by Crippen LogP contribution is 2.61. The van der Waals surface area contributed by atoms with E-state index in [2.05, 4.69) is 10.2 Å². The zero-order valence-corrected chi connectivity index (χ0v) is 18.9. The number of nitrogens with zero attached hydrogens (tertiary/aromatic N) is 2. The summed E-state index contributed by atoms with van der Waals surface area (Å²) in [6, 6.07) is 23.2. The van der Waals surface area contributed by atoms with Crippen molar-refractivity contribution in [2.45, 2.75) is 17.5 Å². The first-order valence-corrected chi connectivity index (χ1v) is 12.3. The van der Waals surface area contributed by atoms with Gasteiger partial charge < -0.3 is 5.32 Å². The minimum atomic E-state index is -1.17. The highest BCUT2D eigenvalue weighted by atomic mass is 32.2. The predicted molar refractivity (Wildman–Crippen MR) is 130 cm³/mol. The normalized spacial score (nSPS) is 27.4. The second-order valence-electron chi connectivity index (χ2n) is 8.89. The van der Waals surface area contributed by atoms with Crippen molar-refractivity contribution in [3.8, 4) is 0 Å². The van der Waals surface area contributed by atoms with Crippen molar-refractivity contribution in [1.29, 1.82) is 0 Å². The molecule has 8 heteroatoms.